The fraction of sp³-hybridized carbons (Fsp3) is 0.333. The molecule has 2 bridgehead atoms. The summed E-state index contributed by atoms with van der Waals surface area (Å²) in [6, 6.07) is 26.9. The van der Waals surface area contributed by atoms with E-state index in [0.29, 0.717) is 32.2 Å². The highest BCUT2D eigenvalue weighted by molar-refractivity contribution is 6.10. The minimum Gasteiger partial charge on any atom is -0.497 e. The number of benzene rings is 5. The van der Waals surface area contributed by atoms with E-state index in [0.717, 1.165) is 98.3 Å². The Morgan fingerprint density at radius 3 is 2.28 bits per heavy atom. The molecule has 0 N–H and O–H groups in total. The Kier molecular flexibility index (Phi) is 7.26. The second-order valence-corrected chi connectivity index (χ2v) is 15.2. The largest absolute Gasteiger partial charge is 0.497 e. The third kappa shape index (κ3) is 4.67. The van der Waals surface area contributed by atoms with Gasteiger partial charge in [0, 0.05) is 40.6 Å². The van der Waals surface area contributed by atoms with Crippen molar-refractivity contribution in [3.8, 4) is 28.4 Å². The van der Waals surface area contributed by atoms with E-state index in [4.69, 9.17) is 18.9 Å². The molecule has 5 aromatic rings. The van der Waals surface area contributed by atoms with E-state index in [1.165, 1.54) is 12.1 Å². The molecule has 270 valence electrons. The summed E-state index contributed by atoms with van der Waals surface area (Å²) in [6.07, 6.45) is 3.86. The maximum atomic E-state index is 14.5. The van der Waals surface area contributed by atoms with Gasteiger partial charge in [-0.05, 0) is 101 Å². The lowest BCUT2D eigenvalue weighted by Gasteiger charge is -2.41. The highest BCUT2D eigenvalue weighted by Gasteiger charge is 2.59. The Morgan fingerprint density at radius 1 is 0.830 bits per heavy atom. The molecule has 0 aromatic heterocycles. The second-order valence-electron chi connectivity index (χ2n) is 15.2. The van der Waals surface area contributed by atoms with E-state index in [1.807, 2.05) is 42.5 Å². The summed E-state index contributed by atoms with van der Waals surface area (Å²) < 4.78 is 68.4. The minimum atomic E-state index is -4.45. The zero-order valence-electron chi connectivity index (χ0n) is 29.8. The first-order valence-electron chi connectivity index (χ1n) is 18.6. The minimum absolute atomic E-state index is 0.241. The summed E-state index contributed by atoms with van der Waals surface area (Å²) in [5.74, 6) is 2.89. The zero-order chi connectivity index (χ0) is 36.1. The number of fused-ring (bicyclic) bond motifs is 13. The molecule has 5 aromatic carbocycles. The van der Waals surface area contributed by atoms with Crippen LogP contribution >= 0.6 is 0 Å². The number of rotatable bonds is 5. The van der Waals surface area contributed by atoms with Crippen LogP contribution in [0.2, 0.25) is 0 Å². The lowest BCUT2D eigenvalue weighted by molar-refractivity contribution is -0.137. The third-order valence-corrected chi connectivity index (χ3v) is 12.8. The number of anilines is 1. The molecule has 5 nitrogen and oxygen atoms in total. The van der Waals surface area contributed by atoms with E-state index >= 15 is 0 Å². The average molecular weight is 716 g/mol. The second kappa shape index (κ2) is 11.8. The molecule has 8 heteroatoms. The number of alkyl halides is 3. The van der Waals surface area contributed by atoms with Crippen LogP contribution in [-0.2, 0) is 21.9 Å². The van der Waals surface area contributed by atoms with Gasteiger partial charge in [-0.2, -0.15) is 13.2 Å². The highest BCUT2D eigenvalue weighted by atomic mass is 19.4. The van der Waals surface area contributed by atoms with Crippen molar-refractivity contribution in [2.24, 2.45) is 11.8 Å². The van der Waals surface area contributed by atoms with Crippen molar-refractivity contribution >= 4 is 22.5 Å². The Morgan fingerprint density at radius 2 is 1.60 bits per heavy atom. The summed E-state index contributed by atoms with van der Waals surface area (Å²) in [7, 11) is 3.34. The van der Waals surface area contributed by atoms with Crippen LogP contribution < -0.4 is 19.1 Å². The maximum Gasteiger partial charge on any atom is 0.416 e. The van der Waals surface area contributed by atoms with Gasteiger partial charge in [0.25, 0.3) is 0 Å². The lowest BCUT2D eigenvalue weighted by atomic mass is 9.65. The monoisotopic (exact) mass is 715 g/mol. The molecule has 1 spiro atoms. The van der Waals surface area contributed by atoms with Crippen molar-refractivity contribution in [2.75, 3.05) is 45.4 Å². The summed E-state index contributed by atoms with van der Waals surface area (Å²) >= 11 is 0. The predicted octanol–water partition coefficient (Wildman–Crippen LogP) is 10.1. The predicted molar refractivity (Wildman–Crippen MR) is 200 cm³/mol. The fourth-order valence-electron chi connectivity index (χ4n) is 10.5. The van der Waals surface area contributed by atoms with Gasteiger partial charge in [-0.15, -0.1) is 0 Å². The Hall–Kier alpha value is -4.95. The molecule has 2 heterocycles. The van der Waals surface area contributed by atoms with Gasteiger partial charge in [0.05, 0.1) is 38.7 Å². The van der Waals surface area contributed by atoms with Crippen molar-refractivity contribution in [3.05, 3.63) is 124 Å². The molecule has 10 rings (SSSR count). The molecule has 3 fully saturated rings. The van der Waals surface area contributed by atoms with Gasteiger partial charge in [0.2, 0.25) is 0 Å². The third-order valence-electron chi connectivity index (χ3n) is 12.8. The van der Waals surface area contributed by atoms with E-state index in [1.54, 1.807) is 20.3 Å². The number of ether oxygens (including phenoxy) is 4. The van der Waals surface area contributed by atoms with Crippen LogP contribution in [0.4, 0.5) is 18.9 Å². The normalized spacial score (nSPS) is 25.3. The first-order chi connectivity index (χ1) is 25.7. The van der Waals surface area contributed by atoms with Gasteiger partial charge < -0.3 is 23.8 Å². The first-order valence-corrected chi connectivity index (χ1v) is 18.6. The molecule has 5 aliphatic rings. The number of halogens is 3. The van der Waals surface area contributed by atoms with Crippen LogP contribution in [0.5, 0.6) is 17.2 Å². The molecular formula is C45H40F3NO4. The van der Waals surface area contributed by atoms with Gasteiger partial charge in [-0.3, -0.25) is 0 Å². The molecular weight excluding hydrogens is 675 g/mol. The van der Waals surface area contributed by atoms with Crippen molar-refractivity contribution in [1.82, 2.24) is 0 Å². The molecule has 0 amide bonds. The standard InChI is InChI=1S/C45H40F3NO4/c1-50-32-13-10-29(11-14-32)44(28-6-4-3-5-7-28)17-16-34-41-40(35-24-38(49-18-20-52-21-19-49)39(51-2)25-36(35)42(34)53-44)33-15-12-31(45(46,47)48)23-37(33)43(41)26-27-8-9-30(43)22-27/h3-7,10-17,23-25,27,30H,8-9,18-22,26H2,1-2H3. The van der Waals surface area contributed by atoms with Gasteiger partial charge in [0.1, 0.15) is 17.2 Å². The van der Waals surface area contributed by atoms with Crippen LogP contribution in [0.3, 0.4) is 0 Å². The smallest absolute Gasteiger partial charge is 0.416 e. The Bertz CT molecular complexity index is 2300. The van der Waals surface area contributed by atoms with Crippen molar-refractivity contribution in [3.63, 3.8) is 0 Å². The van der Waals surface area contributed by atoms with Crippen molar-refractivity contribution < 1.29 is 32.1 Å². The zero-order valence-corrected chi connectivity index (χ0v) is 29.8. The van der Waals surface area contributed by atoms with Gasteiger partial charge in [-0.1, -0.05) is 61.0 Å². The Labute approximate surface area is 306 Å². The summed E-state index contributed by atoms with van der Waals surface area (Å²) in [5, 5.41) is 1.84. The van der Waals surface area contributed by atoms with Gasteiger partial charge >= 0.3 is 6.18 Å². The molecule has 4 atom stereocenters. The van der Waals surface area contributed by atoms with E-state index < -0.39 is 22.8 Å². The summed E-state index contributed by atoms with van der Waals surface area (Å²) in [4.78, 5) is 2.29. The van der Waals surface area contributed by atoms with Crippen LogP contribution in [0.15, 0.2) is 91.0 Å². The van der Waals surface area contributed by atoms with Crippen LogP contribution in [-0.4, -0.2) is 40.5 Å². The molecule has 0 radical (unpaired) electrons. The molecule has 3 aliphatic carbocycles. The van der Waals surface area contributed by atoms with E-state index in [2.05, 4.69) is 41.3 Å². The summed E-state index contributed by atoms with van der Waals surface area (Å²) in [6.45, 7) is 2.63. The number of nitrogens with zero attached hydrogens (tertiary/aromatic N) is 1. The quantitative estimate of drug-likeness (QED) is 0.181. The first kappa shape index (κ1) is 32.7. The maximum absolute atomic E-state index is 14.5. The number of hydrogen-bond donors (Lipinski definition) is 0. The number of methoxy groups -OCH3 is 2. The van der Waals surface area contributed by atoms with Crippen LogP contribution in [0, 0.1) is 11.8 Å². The van der Waals surface area contributed by atoms with E-state index in [-0.39, 0.29) is 5.92 Å². The molecule has 1 saturated heterocycles. The number of morpholine rings is 1. The topological polar surface area (TPSA) is 40.2 Å². The van der Waals surface area contributed by atoms with Crippen molar-refractivity contribution in [1.29, 1.82) is 0 Å². The number of hydrogen-bond acceptors (Lipinski definition) is 5. The van der Waals surface area contributed by atoms with Gasteiger partial charge in [-0.25, -0.2) is 0 Å². The van der Waals surface area contributed by atoms with E-state index in [9.17, 15) is 13.2 Å². The average Bonchev–Trinajstić information content (AvgIpc) is 3.90. The van der Waals surface area contributed by atoms with Gasteiger partial charge in [0.15, 0.2) is 5.60 Å². The molecule has 2 aliphatic heterocycles. The molecule has 53 heavy (non-hydrogen) atoms. The van der Waals surface area contributed by atoms with Crippen LogP contribution in [0.25, 0.3) is 28.0 Å². The Balaban J connectivity index is 1.31. The molecule has 4 unspecified atom stereocenters. The fourth-order valence-corrected chi connectivity index (χ4v) is 10.5. The highest BCUT2D eigenvalue weighted by Crippen LogP contribution is 2.69. The lowest BCUT2D eigenvalue weighted by Crippen LogP contribution is -2.37. The molecule has 2 saturated carbocycles. The summed E-state index contributed by atoms with van der Waals surface area (Å²) in [5.41, 5.74) is 5.52. The SMILES string of the molecule is COc1ccc(C2(c3ccccc3)C=Cc3c4c(c5cc(N6CCOCC6)c(OC)cc5c3O2)-c2ccc(C(F)(F)F)cc2C42CC3CCC2C3)cc1. The van der Waals surface area contributed by atoms with Crippen LogP contribution in [0.1, 0.15) is 59.1 Å². The van der Waals surface area contributed by atoms with Crippen molar-refractivity contribution in [2.45, 2.75) is 42.9 Å².